The maximum Gasteiger partial charge on any atom is 0.319 e. The average molecular weight is 274 g/mol. The maximum absolute atomic E-state index is 12.1. The Hall–Kier alpha value is -1.89. The standard InChI is InChI=1S/C12H16F2N2O3/c1-8(6-17)15-12(18)16-9-4-2-3-5-10(9)19-7-11(13)14/h2-5,8,11,17H,6-7H2,1H3,(H2,15,16,18). The Balaban J connectivity index is 2.64. The van der Waals surface area contributed by atoms with Crippen molar-refractivity contribution < 1.29 is 23.4 Å². The zero-order valence-electron chi connectivity index (χ0n) is 10.4. The van der Waals surface area contributed by atoms with Gasteiger partial charge in [-0.2, -0.15) is 0 Å². The van der Waals surface area contributed by atoms with Crippen molar-refractivity contribution in [1.82, 2.24) is 5.32 Å². The fourth-order valence-electron chi connectivity index (χ4n) is 1.28. The Morgan fingerprint density at radius 3 is 2.74 bits per heavy atom. The summed E-state index contributed by atoms with van der Waals surface area (Å²) in [6, 6.07) is 5.31. The van der Waals surface area contributed by atoms with Crippen LogP contribution in [0.2, 0.25) is 0 Å². The number of urea groups is 1. The molecule has 0 spiro atoms. The predicted octanol–water partition coefficient (Wildman–Crippen LogP) is 1.83. The molecule has 7 heteroatoms. The van der Waals surface area contributed by atoms with Crippen LogP contribution in [0, 0.1) is 0 Å². The normalized spacial score (nSPS) is 12.1. The van der Waals surface area contributed by atoms with Gasteiger partial charge in [-0.05, 0) is 19.1 Å². The molecular formula is C12H16F2N2O3. The summed E-state index contributed by atoms with van der Waals surface area (Å²) in [7, 11) is 0. The van der Waals surface area contributed by atoms with E-state index in [1.54, 1.807) is 19.1 Å². The number of rotatable bonds is 6. The molecule has 1 unspecified atom stereocenters. The summed E-state index contributed by atoms with van der Waals surface area (Å²) >= 11 is 0. The smallest absolute Gasteiger partial charge is 0.319 e. The second-order valence-electron chi connectivity index (χ2n) is 3.88. The number of halogens is 2. The number of carbonyl (C=O) groups is 1. The predicted molar refractivity (Wildman–Crippen MR) is 66.6 cm³/mol. The molecule has 1 aromatic rings. The molecule has 0 aliphatic heterocycles. The van der Waals surface area contributed by atoms with Crippen molar-refractivity contribution in [3.05, 3.63) is 24.3 Å². The van der Waals surface area contributed by atoms with Crippen molar-refractivity contribution in [1.29, 1.82) is 0 Å². The van der Waals surface area contributed by atoms with Gasteiger partial charge in [0.15, 0.2) is 0 Å². The van der Waals surface area contributed by atoms with Crippen LogP contribution in [0.1, 0.15) is 6.92 Å². The number of hydrogen-bond acceptors (Lipinski definition) is 3. The fourth-order valence-corrected chi connectivity index (χ4v) is 1.28. The molecule has 0 bridgehead atoms. The highest BCUT2D eigenvalue weighted by Crippen LogP contribution is 2.24. The highest BCUT2D eigenvalue weighted by atomic mass is 19.3. The molecule has 0 heterocycles. The number of aliphatic hydroxyl groups excluding tert-OH is 1. The number of anilines is 1. The topological polar surface area (TPSA) is 70.6 Å². The SMILES string of the molecule is CC(CO)NC(=O)Nc1ccccc1OCC(F)F. The quantitative estimate of drug-likeness (QED) is 0.741. The molecule has 106 valence electrons. The number of ether oxygens (including phenoxy) is 1. The first kappa shape index (κ1) is 15.2. The molecule has 0 saturated carbocycles. The lowest BCUT2D eigenvalue weighted by Gasteiger charge is -2.14. The van der Waals surface area contributed by atoms with Crippen molar-refractivity contribution in [2.45, 2.75) is 19.4 Å². The summed E-state index contributed by atoms with van der Waals surface area (Å²) in [4.78, 5) is 11.5. The van der Waals surface area contributed by atoms with Crippen LogP contribution >= 0.6 is 0 Å². The Morgan fingerprint density at radius 1 is 1.42 bits per heavy atom. The molecule has 0 aliphatic rings. The molecule has 5 nitrogen and oxygen atoms in total. The van der Waals surface area contributed by atoms with Gasteiger partial charge >= 0.3 is 6.03 Å². The lowest BCUT2D eigenvalue weighted by molar-refractivity contribution is 0.0822. The second-order valence-corrected chi connectivity index (χ2v) is 3.88. The van der Waals surface area contributed by atoms with E-state index in [4.69, 9.17) is 9.84 Å². The van der Waals surface area contributed by atoms with Crippen LogP contribution in [0.3, 0.4) is 0 Å². The summed E-state index contributed by atoms with van der Waals surface area (Å²) < 4.78 is 29.0. The first-order chi connectivity index (χ1) is 9.02. The van der Waals surface area contributed by atoms with Gasteiger partial charge in [-0.1, -0.05) is 12.1 Å². The monoisotopic (exact) mass is 274 g/mol. The minimum atomic E-state index is -2.59. The van der Waals surface area contributed by atoms with E-state index >= 15 is 0 Å². The summed E-state index contributed by atoms with van der Waals surface area (Å²) in [5.41, 5.74) is 0.283. The minimum Gasteiger partial charge on any atom is -0.485 e. The van der Waals surface area contributed by atoms with Crippen LogP contribution in [-0.4, -0.2) is 36.8 Å². The van der Waals surface area contributed by atoms with Crippen LogP contribution in [0.5, 0.6) is 5.75 Å². The molecule has 19 heavy (non-hydrogen) atoms. The summed E-state index contributed by atoms with van der Waals surface area (Å²) in [5, 5.41) is 13.7. The van der Waals surface area contributed by atoms with Gasteiger partial charge in [-0.3, -0.25) is 0 Å². The average Bonchev–Trinajstić information content (AvgIpc) is 2.37. The minimum absolute atomic E-state index is 0.162. The van der Waals surface area contributed by atoms with E-state index in [2.05, 4.69) is 10.6 Å². The molecule has 1 aromatic carbocycles. The summed E-state index contributed by atoms with van der Waals surface area (Å²) in [5.74, 6) is 0.162. The van der Waals surface area contributed by atoms with E-state index in [9.17, 15) is 13.6 Å². The zero-order valence-corrected chi connectivity index (χ0v) is 10.4. The van der Waals surface area contributed by atoms with Gasteiger partial charge in [-0.25, -0.2) is 13.6 Å². The Labute approximate surface area is 109 Å². The molecule has 0 saturated heterocycles. The lowest BCUT2D eigenvalue weighted by atomic mass is 10.3. The molecule has 0 radical (unpaired) electrons. The Morgan fingerprint density at radius 2 is 2.11 bits per heavy atom. The van der Waals surface area contributed by atoms with Gasteiger partial charge in [0.05, 0.1) is 18.3 Å². The summed E-state index contributed by atoms with van der Waals surface area (Å²) in [6.07, 6.45) is -2.59. The van der Waals surface area contributed by atoms with Crippen LogP contribution in [0.4, 0.5) is 19.3 Å². The number of aliphatic hydroxyl groups is 1. The Bertz CT molecular complexity index is 416. The van der Waals surface area contributed by atoms with E-state index in [1.807, 2.05) is 0 Å². The highest BCUT2D eigenvalue weighted by molar-refractivity contribution is 5.91. The highest BCUT2D eigenvalue weighted by Gasteiger charge is 2.11. The van der Waals surface area contributed by atoms with Crippen LogP contribution in [0.15, 0.2) is 24.3 Å². The van der Waals surface area contributed by atoms with Gasteiger partial charge < -0.3 is 20.5 Å². The van der Waals surface area contributed by atoms with Gasteiger partial charge in [0.1, 0.15) is 12.4 Å². The van der Waals surface area contributed by atoms with Crippen molar-refractivity contribution in [3.8, 4) is 5.75 Å². The van der Waals surface area contributed by atoms with E-state index in [0.29, 0.717) is 0 Å². The number of carbonyl (C=O) groups excluding carboxylic acids is 1. The van der Waals surface area contributed by atoms with Crippen molar-refractivity contribution in [3.63, 3.8) is 0 Å². The van der Waals surface area contributed by atoms with Crippen LogP contribution in [-0.2, 0) is 0 Å². The first-order valence-corrected chi connectivity index (χ1v) is 5.71. The van der Waals surface area contributed by atoms with Crippen molar-refractivity contribution in [2.75, 3.05) is 18.5 Å². The van der Waals surface area contributed by atoms with Gasteiger partial charge in [0.25, 0.3) is 6.43 Å². The molecule has 1 atom stereocenters. The van der Waals surface area contributed by atoms with Crippen LogP contribution in [0.25, 0.3) is 0 Å². The largest absolute Gasteiger partial charge is 0.485 e. The van der Waals surface area contributed by atoms with Gasteiger partial charge in [0.2, 0.25) is 0 Å². The number of para-hydroxylation sites is 2. The summed E-state index contributed by atoms with van der Waals surface area (Å²) in [6.45, 7) is 0.684. The number of hydrogen-bond donors (Lipinski definition) is 3. The second kappa shape index (κ2) is 7.52. The fraction of sp³-hybridized carbons (Fsp3) is 0.417. The lowest BCUT2D eigenvalue weighted by Crippen LogP contribution is -2.38. The van der Waals surface area contributed by atoms with Gasteiger partial charge in [0, 0.05) is 0 Å². The zero-order chi connectivity index (χ0) is 14.3. The van der Waals surface area contributed by atoms with Crippen molar-refractivity contribution >= 4 is 11.7 Å². The number of benzene rings is 1. The molecule has 0 fully saturated rings. The third-order valence-corrected chi connectivity index (χ3v) is 2.15. The maximum atomic E-state index is 12.1. The molecule has 0 aliphatic carbocycles. The number of amides is 2. The molecule has 3 N–H and O–H groups in total. The van der Waals surface area contributed by atoms with E-state index < -0.39 is 25.1 Å². The van der Waals surface area contributed by atoms with Gasteiger partial charge in [-0.15, -0.1) is 0 Å². The Kier molecular flexibility index (Phi) is 6.01. The van der Waals surface area contributed by atoms with E-state index in [-0.39, 0.29) is 18.0 Å². The number of alkyl halides is 2. The molecule has 2 amide bonds. The molecule has 1 rings (SSSR count). The third kappa shape index (κ3) is 5.52. The first-order valence-electron chi connectivity index (χ1n) is 5.71. The third-order valence-electron chi connectivity index (χ3n) is 2.15. The van der Waals surface area contributed by atoms with E-state index in [0.717, 1.165) is 0 Å². The molecule has 0 aromatic heterocycles. The molecular weight excluding hydrogens is 258 g/mol. The van der Waals surface area contributed by atoms with Crippen LogP contribution < -0.4 is 15.4 Å². The van der Waals surface area contributed by atoms with E-state index in [1.165, 1.54) is 12.1 Å². The number of nitrogens with one attached hydrogen (secondary N) is 2. The van der Waals surface area contributed by atoms with Crippen molar-refractivity contribution in [2.24, 2.45) is 0 Å².